The second-order valence-corrected chi connectivity index (χ2v) is 8.63. The smallest absolute Gasteiger partial charge is 0.0966 e. The molecule has 0 amide bonds. The Bertz CT molecular complexity index is 1420. The number of rotatable bonds is 6. The lowest BCUT2D eigenvalue weighted by Crippen LogP contribution is -2.11. The molecule has 1 aromatic heterocycles. The van der Waals surface area contributed by atoms with Crippen molar-refractivity contribution < 1.29 is 0 Å². The van der Waals surface area contributed by atoms with E-state index in [4.69, 9.17) is 15.0 Å². The van der Waals surface area contributed by atoms with Gasteiger partial charge < -0.3 is 0 Å². The summed E-state index contributed by atoms with van der Waals surface area (Å²) in [7, 11) is 0. The number of aromatic nitrogens is 1. The van der Waals surface area contributed by atoms with E-state index in [9.17, 15) is 0 Å². The van der Waals surface area contributed by atoms with Crippen LogP contribution in [0.2, 0.25) is 0 Å². The van der Waals surface area contributed by atoms with Gasteiger partial charge in [0.15, 0.2) is 0 Å². The summed E-state index contributed by atoms with van der Waals surface area (Å²) in [5.74, 6) is 0. The molecule has 0 fully saturated rings. The highest BCUT2D eigenvalue weighted by Crippen LogP contribution is 2.24. The normalized spacial score (nSPS) is 11.9. The summed E-state index contributed by atoms with van der Waals surface area (Å²) in [6.45, 7) is 4.15. The lowest BCUT2D eigenvalue weighted by Gasteiger charge is -2.12. The molecule has 5 aromatic rings. The number of aliphatic imine (C=N–C) groups is 2. The number of hydrogen-bond donors (Lipinski definition) is 0. The Morgan fingerprint density at radius 1 is 0.444 bits per heavy atom. The maximum atomic E-state index is 5.12. The Morgan fingerprint density at radius 3 is 1.25 bits per heavy atom. The maximum Gasteiger partial charge on any atom is 0.0966 e. The van der Waals surface area contributed by atoms with Gasteiger partial charge in [-0.3, -0.25) is 0 Å². The highest BCUT2D eigenvalue weighted by atomic mass is 14.8. The molecule has 0 aliphatic carbocycles. The van der Waals surface area contributed by atoms with Gasteiger partial charge in [-0.1, -0.05) is 103 Å². The first-order chi connectivity index (χ1) is 17.7. The third-order valence-electron chi connectivity index (χ3n) is 6.02. The van der Waals surface area contributed by atoms with Crippen LogP contribution in [-0.2, 0) is 0 Å². The number of nitrogens with zero attached hydrogens (tertiary/aromatic N) is 3. The van der Waals surface area contributed by atoms with Crippen LogP contribution in [0.25, 0.3) is 0 Å². The molecule has 0 bridgehead atoms. The second-order valence-electron chi connectivity index (χ2n) is 8.63. The first kappa shape index (κ1) is 23.1. The van der Waals surface area contributed by atoms with Crippen molar-refractivity contribution in [1.82, 2.24) is 4.98 Å². The molecule has 174 valence electrons. The van der Waals surface area contributed by atoms with Crippen LogP contribution in [-0.4, -0.2) is 16.4 Å². The summed E-state index contributed by atoms with van der Waals surface area (Å²) >= 11 is 0. The number of para-hydroxylation sites is 2. The van der Waals surface area contributed by atoms with Crippen LogP contribution in [0.3, 0.4) is 0 Å². The van der Waals surface area contributed by atoms with Gasteiger partial charge in [-0.2, -0.15) is 0 Å². The molecule has 4 aromatic carbocycles. The Labute approximate surface area is 212 Å². The van der Waals surface area contributed by atoms with Crippen LogP contribution < -0.4 is 0 Å². The van der Waals surface area contributed by atoms with E-state index in [1.807, 2.05) is 91.0 Å². The molecule has 1 heterocycles. The SMILES string of the molecule is Cc1ccccc1N=C(c1ccccc1)c1cccc(C(=Nc2ccccc2C)c2ccccc2)n1. The third-order valence-corrected chi connectivity index (χ3v) is 6.02. The van der Waals surface area contributed by atoms with Crippen LogP contribution in [0.4, 0.5) is 11.4 Å². The highest BCUT2D eigenvalue weighted by Gasteiger charge is 2.14. The summed E-state index contributed by atoms with van der Waals surface area (Å²) in [4.78, 5) is 15.3. The minimum Gasteiger partial charge on any atom is -0.246 e. The summed E-state index contributed by atoms with van der Waals surface area (Å²) < 4.78 is 0. The molecule has 36 heavy (non-hydrogen) atoms. The minimum atomic E-state index is 0.801. The van der Waals surface area contributed by atoms with Crippen molar-refractivity contribution in [3.05, 3.63) is 161 Å². The molecule has 0 aliphatic rings. The molecule has 0 N–H and O–H groups in total. The zero-order valence-electron chi connectivity index (χ0n) is 20.5. The second kappa shape index (κ2) is 10.7. The van der Waals surface area contributed by atoms with E-state index in [1.54, 1.807) is 0 Å². The Morgan fingerprint density at radius 2 is 0.833 bits per heavy atom. The molecule has 0 unspecified atom stereocenters. The predicted molar refractivity (Wildman–Crippen MR) is 150 cm³/mol. The summed E-state index contributed by atoms with van der Waals surface area (Å²) in [5, 5.41) is 0. The summed E-state index contributed by atoms with van der Waals surface area (Å²) in [6.07, 6.45) is 0. The van der Waals surface area contributed by atoms with E-state index in [0.717, 1.165) is 56.4 Å². The molecule has 5 rings (SSSR count). The van der Waals surface area contributed by atoms with Gasteiger partial charge in [-0.15, -0.1) is 0 Å². The van der Waals surface area contributed by atoms with Crippen molar-refractivity contribution in [1.29, 1.82) is 0 Å². The summed E-state index contributed by atoms with van der Waals surface area (Å²) in [6, 6.07) is 42.8. The van der Waals surface area contributed by atoms with Gasteiger partial charge in [0.25, 0.3) is 0 Å². The Hall–Kier alpha value is -4.63. The number of benzene rings is 4. The molecule has 0 atom stereocenters. The van der Waals surface area contributed by atoms with Gasteiger partial charge in [0.2, 0.25) is 0 Å². The van der Waals surface area contributed by atoms with Crippen LogP contribution >= 0.6 is 0 Å². The number of pyridine rings is 1. The van der Waals surface area contributed by atoms with Crippen molar-refractivity contribution in [3.63, 3.8) is 0 Å². The molecular formula is C33H27N3. The molecule has 3 nitrogen and oxygen atoms in total. The van der Waals surface area contributed by atoms with E-state index in [2.05, 4.69) is 50.2 Å². The Balaban J connectivity index is 1.69. The van der Waals surface area contributed by atoms with Gasteiger partial charge in [0, 0.05) is 11.1 Å². The standard InChI is InChI=1S/C33H27N3/c1-24-14-9-11-20-28(24)35-32(26-16-5-3-6-17-26)30-22-13-23-31(34-30)33(27-18-7-4-8-19-27)36-29-21-12-10-15-25(29)2/h3-23H,1-2H3. The lowest BCUT2D eigenvalue weighted by atomic mass is 10.0. The first-order valence-electron chi connectivity index (χ1n) is 12.1. The van der Waals surface area contributed by atoms with Gasteiger partial charge in [-0.25, -0.2) is 15.0 Å². The van der Waals surface area contributed by atoms with Gasteiger partial charge >= 0.3 is 0 Å². The van der Waals surface area contributed by atoms with Crippen LogP contribution in [0.15, 0.2) is 137 Å². The fraction of sp³-hybridized carbons (Fsp3) is 0.0606. The number of aryl methyl sites for hydroxylation is 2. The van der Waals surface area contributed by atoms with Gasteiger partial charge in [0.1, 0.15) is 0 Å². The fourth-order valence-electron chi connectivity index (χ4n) is 4.05. The molecule has 0 aliphatic heterocycles. The first-order valence-corrected chi connectivity index (χ1v) is 12.1. The van der Waals surface area contributed by atoms with Crippen molar-refractivity contribution in [3.8, 4) is 0 Å². The van der Waals surface area contributed by atoms with Crippen molar-refractivity contribution in [2.45, 2.75) is 13.8 Å². The Kier molecular flexibility index (Phi) is 6.90. The third kappa shape index (κ3) is 5.21. The van der Waals surface area contributed by atoms with Crippen molar-refractivity contribution in [2.24, 2.45) is 9.98 Å². The average molecular weight is 466 g/mol. The molecule has 0 radical (unpaired) electrons. The van der Waals surface area contributed by atoms with Crippen molar-refractivity contribution in [2.75, 3.05) is 0 Å². The topological polar surface area (TPSA) is 37.6 Å². The minimum absolute atomic E-state index is 0.801. The molecule has 0 saturated carbocycles. The lowest BCUT2D eigenvalue weighted by molar-refractivity contribution is 1.24. The van der Waals surface area contributed by atoms with Crippen LogP contribution in [0.5, 0.6) is 0 Å². The quantitative estimate of drug-likeness (QED) is 0.234. The summed E-state index contributed by atoms with van der Waals surface area (Å²) in [5.41, 5.74) is 9.39. The number of hydrogen-bond acceptors (Lipinski definition) is 3. The zero-order chi connectivity index (χ0) is 24.7. The molecular weight excluding hydrogens is 438 g/mol. The molecule has 0 saturated heterocycles. The van der Waals surface area contributed by atoms with E-state index < -0.39 is 0 Å². The predicted octanol–water partition coefficient (Wildman–Crippen LogP) is 8.04. The molecule has 3 heteroatoms. The maximum absolute atomic E-state index is 5.12. The highest BCUT2D eigenvalue weighted by molar-refractivity contribution is 6.15. The van der Waals surface area contributed by atoms with E-state index in [1.165, 1.54) is 0 Å². The van der Waals surface area contributed by atoms with Gasteiger partial charge in [-0.05, 0) is 49.2 Å². The fourth-order valence-corrected chi connectivity index (χ4v) is 4.05. The average Bonchev–Trinajstić information content (AvgIpc) is 2.93. The molecule has 0 spiro atoms. The van der Waals surface area contributed by atoms with E-state index >= 15 is 0 Å². The van der Waals surface area contributed by atoms with Crippen LogP contribution in [0, 0.1) is 13.8 Å². The van der Waals surface area contributed by atoms with Crippen molar-refractivity contribution >= 4 is 22.8 Å². The largest absolute Gasteiger partial charge is 0.246 e. The zero-order valence-corrected chi connectivity index (χ0v) is 20.5. The van der Waals surface area contributed by atoms with E-state index in [-0.39, 0.29) is 0 Å². The van der Waals surface area contributed by atoms with Crippen LogP contribution in [0.1, 0.15) is 33.6 Å². The van der Waals surface area contributed by atoms with Gasteiger partial charge in [0.05, 0.1) is 34.2 Å². The monoisotopic (exact) mass is 465 g/mol. The van der Waals surface area contributed by atoms with E-state index in [0.29, 0.717) is 0 Å².